The van der Waals surface area contributed by atoms with E-state index in [4.69, 9.17) is 0 Å². The van der Waals surface area contributed by atoms with Crippen molar-refractivity contribution in [3.8, 4) is 5.75 Å². The molecule has 0 unspecified atom stereocenters. The average molecular weight is 265 g/mol. The first-order valence-electron chi connectivity index (χ1n) is 4.98. The van der Waals surface area contributed by atoms with Crippen LogP contribution in [-0.4, -0.2) is 29.9 Å². The van der Waals surface area contributed by atoms with Crippen LogP contribution in [0, 0.1) is 6.92 Å². The zero-order valence-electron chi connectivity index (χ0n) is 9.38. The maximum Gasteiger partial charge on any atom is 0.324 e. The largest absolute Gasteiger partial charge is 0.508 e. The van der Waals surface area contributed by atoms with Crippen LogP contribution in [0.25, 0.3) is 0 Å². The van der Waals surface area contributed by atoms with E-state index >= 15 is 0 Å². The van der Waals surface area contributed by atoms with Gasteiger partial charge in [-0.1, -0.05) is 6.07 Å². The zero-order chi connectivity index (χ0) is 13.9. The highest BCUT2D eigenvalue weighted by Crippen LogP contribution is 2.22. The molecule has 18 heavy (non-hydrogen) atoms. The molecule has 0 bridgehead atoms. The van der Waals surface area contributed by atoms with Gasteiger partial charge in [-0.3, -0.25) is 4.79 Å². The third-order valence-corrected chi connectivity index (χ3v) is 2.28. The van der Waals surface area contributed by atoms with Crippen molar-refractivity contribution in [1.82, 2.24) is 5.32 Å². The standard InChI is InChI=1S/C11H11F4NO2/c1-6-2-3-7(4-8(6)17)9(18)16-5-11(14,15)10(12)13/h2-4,10,17H,5H2,1H3,(H,16,18). The summed E-state index contributed by atoms with van der Waals surface area (Å²) in [7, 11) is 0. The molecule has 1 amide bonds. The molecule has 0 aliphatic rings. The second kappa shape index (κ2) is 5.24. The number of nitrogens with one attached hydrogen (secondary N) is 1. The van der Waals surface area contributed by atoms with Crippen molar-refractivity contribution in [2.75, 3.05) is 6.54 Å². The van der Waals surface area contributed by atoms with Crippen molar-refractivity contribution < 1.29 is 27.5 Å². The van der Waals surface area contributed by atoms with E-state index < -0.39 is 24.8 Å². The number of hydrogen-bond donors (Lipinski definition) is 2. The number of halogens is 4. The van der Waals surface area contributed by atoms with Crippen LogP contribution in [0.1, 0.15) is 15.9 Å². The number of benzene rings is 1. The van der Waals surface area contributed by atoms with E-state index in [0.29, 0.717) is 5.56 Å². The number of carbonyl (C=O) groups is 1. The molecule has 3 nitrogen and oxygen atoms in total. The molecule has 0 saturated heterocycles. The van der Waals surface area contributed by atoms with Crippen LogP contribution in [0.3, 0.4) is 0 Å². The third kappa shape index (κ3) is 3.35. The molecule has 0 aliphatic carbocycles. The van der Waals surface area contributed by atoms with Gasteiger partial charge in [0.15, 0.2) is 0 Å². The minimum absolute atomic E-state index is 0.0804. The van der Waals surface area contributed by atoms with Crippen molar-refractivity contribution in [3.63, 3.8) is 0 Å². The molecule has 1 rings (SSSR count). The lowest BCUT2D eigenvalue weighted by Gasteiger charge is -2.15. The molecule has 0 radical (unpaired) electrons. The monoisotopic (exact) mass is 265 g/mol. The Morgan fingerprint density at radius 3 is 2.56 bits per heavy atom. The van der Waals surface area contributed by atoms with Crippen molar-refractivity contribution in [3.05, 3.63) is 29.3 Å². The van der Waals surface area contributed by atoms with Crippen LogP contribution in [0.5, 0.6) is 5.75 Å². The van der Waals surface area contributed by atoms with Crippen LogP contribution in [0.2, 0.25) is 0 Å². The van der Waals surface area contributed by atoms with Crippen molar-refractivity contribution >= 4 is 5.91 Å². The Kier molecular flexibility index (Phi) is 4.15. The predicted octanol–water partition coefficient (Wildman–Crippen LogP) is 2.33. The van der Waals surface area contributed by atoms with E-state index in [2.05, 4.69) is 0 Å². The Balaban J connectivity index is 2.69. The van der Waals surface area contributed by atoms with E-state index in [1.54, 1.807) is 12.2 Å². The maximum absolute atomic E-state index is 12.6. The van der Waals surface area contributed by atoms with Crippen LogP contribution in [-0.2, 0) is 0 Å². The molecular weight excluding hydrogens is 254 g/mol. The van der Waals surface area contributed by atoms with Gasteiger partial charge in [0.1, 0.15) is 5.75 Å². The number of aromatic hydroxyl groups is 1. The number of aryl methyl sites for hydroxylation is 1. The molecular formula is C11H11F4NO2. The fraction of sp³-hybridized carbons (Fsp3) is 0.364. The maximum atomic E-state index is 12.6. The predicted molar refractivity (Wildman–Crippen MR) is 56.1 cm³/mol. The molecule has 2 N–H and O–H groups in total. The fourth-order valence-corrected chi connectivity index (χ4v) is 1.13. The quantitative estimate of drug-likeness (QED) is 0.821. The van der Waals surface area contributed by atoms with Gasteiger partial charge in [0, 0.05) is 5.56 Å². The van der Waals surface area contributed by atoms with Gasteiger partial charge in [-0.15, -0.1) is 0 Å². The summed E-state index contributed by atoms with van der Waals surface area (Å²) in [5.74, 6) is -5.41. The SMILES string of the molecule is Cc1ccc(C(=O)NCC(F)(F)C(F)F)cc1O. The molecule has 0 aromatic heterocycles. The topological polar surface area (TPSA) is 49.3 Å². The lowest BCUT2D eigenvalue weighted by Crippen LogP contribution is -2.41. The Labute approximate surface area is 100 Å². The summed E-state index contributed by atoms with van der Waals surface area (Å²) >= 11 is 0. The second-order valence-electron chi connectivity index (χ2n) is 3.75. The number of rotatable bonds is 4. The minimum Gasteiger partial charge on any atom is -0.508 e. The highest BCUT2D eigenvalue weighted by Gasteiger charge is 2.40. The first kappa shape index (κ1) is 14.3. The first-order chi connectivity index (χ1) is 8.24. The summed E-state index contributed by atoms with van der Waals surface area (Å²) in [6.45, 7) is 0.125. The highest BCUT2D eigenvalue weighted by molar-refractivity contribution is 5.94. The number of phenolic OH excluding ortho intramolecular Hbond substituents is 1. The number of alkyl halides is 4. The Morgan fingerprint density at radius 1 is 1.44 bits per heavy atom. The van der Waals surface area contributed by atoms with Gasteiger partial charge in [-0.2, -0.15) is 8.78 Å². The fourth-order valence-electron chi connectivity index (χ4n) is 1.13. The van der Waals surface area contributed by atoms with Crippen LogP contribution >= 0.6 is 0 Å². The van der Waals surface area contributed by atoms with E-state index in [1.807, 2.05) is 0 Å². The van der Waals surface area contributed by atoms with Gasteiger partial charge in [-0.25, -0.2) is 8.78 Å². The lowest BCUT2D eigenvalue weighted by molar-refractivity contribution is -0.123. The molecule has 0 heterocycles. The van der Waals surface area contributed by atoms with Crippen LogP contribution in [0.15, 0.2) is 18.2 Å². The second-order valence-corrected chi connectivity index (χ2v) is 3.75. The van der Waals surface area contributed by atoms with E-state index in [0.717, 1.165) is 6.07 Å². The van der Waals surface area contributed by atoms with Gasteiger partial charge in [-0.05, 0) is 24.6 Å². The van der Waals surface area contributed by atoms with Crippen LogP contribution < -0.4 is 5.32 Å². The molecule has 1 aromatic carbocycles. The third-order valence-electron chi connectivity index (χ3n) is 2.28. The van der Waals surface area contributed by atoms with Gasteiger partial charge in [0.05, 0.1) is 6.54 Å². The number of amides is 1. The summed E-state index contributed by atoms with van der Waals surface area (Å²) in [5.41, 5.74) is 0.424. The smallest absolute Gasteiger partial charge is 0.324 e. The molecule has 100 valence electrons. The van der Waals surface area contributed by atoms with Crippen molar-refractivity contribution in [2.24, 2.45) is 0 Å². The molecule has 0 saturated carbocycles. The van der Waals surface area contributed by atoms with Crippen molar-refractivity contribution in [2.45, 2.75) is 19.3 Å². The molecule has 7 heteroatoms. The van der Waals surface area contributed by atoms with Gasteiger partial charge in [0.25, 0.3) is 5.91 Å². The van der Waals surface area contributed by atoms with Crippen molar-refractivity contribution in [1.29, 1.82) is 0 Å². The van der Waals surface area contributed by atoms with E-state index in [-0.39, 0.29) is 11.3 Å². The summed E-state index contributed by atoms with van der Waals surface area (Å²) < 4.78 is 48.8. The molecule has 0 atom stereocenters. The number of phenols is 1. The summed E-state index contributed by atoms with van der Waals surface area (Å²) in [6.07, 6.45) is -3.84. The average Bonchev–Trinajstić information content (AvgIpc) is 2.29. The first-order valence-corrected chi connectivity index (χ1v) is 4.98. The highest BCUT2D eigenvalue weighted by atomic mass is 19.3. The van der Waals surface area contributed by atoms with E-state index in [1.165, 1.54) is 12.1 Å². The summed E-state index contributed by atoms with van der Waals surface area (Å²) in [6, 6.07) is 3.78. The lowest BCUT2D eigenvalue weighted by atomic mass is 10.1. The summed E-state index contributed by atoms with van der Waals surface area (Å²) in [5, 5.41) is 11.0. The number of hydrogen-bond acceptors (Lipinski definition) is 2. The van der Waals surface area contributed by atoms with Gasteiger partial charge < -0.3 is 10.4 Å². The van der Waals surface area contributed by atoms with Gasteiger partial charge in [0.2, 0.25) is 0 Å². The normalized spacial score (nSPS) is 11.7. The van der Waals surface area contributed by atoms with Gasteiger partial charge >= 0.3 is 12.3 Å². The Bertz CT molecular complexity index is 449. The summed E-state index contributed by atoms with van der Waals surface area (Å²) in [4.78, 5) is 11.4. The minimum atomic E-state index is -4.28. The number of carbonyl (C=O) groups excluding carboxylic acids is 1. The molecule has 0 aliphatic heterocycles. The Morgan fingerprint density at radius 2 is 2.06 bits per heavy atom. The molecule has 1 aromatic rings. The Hall–Kier alpha value is -1.79. The zero-order valence-corrected chi connectivity index (χ0v) is 9.38. The van der Waals surface area contributed by atoms with Crippen LogP contribution in [0.4, 0.5) is 17.6 Å². The molecule has 0 spiro atoms. The van der Waals surface area contributed by atoms with E-state index in [9.17, 15) is 27.5 Å². The molecule has 0 fully saturated rings.